The number of aromatic nitrogens is 2. The van der Waals surface area contributed by atoms with Gasteiger partial charge in [-0.15, -0.1) is 0 Å². The van der Waals surface area contributed by atoms with Gasteiger partial charge in [-0.1, -0.05) is 6.07 Å². The maximum absolute atomic E-state index is 13.1. The Hall–Kier alpha value is -1.71. The highest BCUT2D eigenvalue weighted by atomic mass is 19.2. The molecule has 0 bridgehead atoms. The topological polar surface area (TPSA) is 28.7 Å². The zero-order valence-electron chi connectivity index (χ0n) is 6.59. The third kappa shape index (κ3) is 1.30. The average Bonchev–Trinajstić information content (AvgIpc) is 2.62. The maximum atomic E-state index is 13.1. The number of imidazole rings is 1. The van der Waals surface area contributed by atoms with Crippen LogP contribution in [0.15, 0.2) is 30.7 Å². The Bertz CT molecular complexity index is 410. The second kappa shape index (κ2) is 2.97. The van der Waals surface area contributed by atoms with E-state index < -0.39 is 11.6 Å². The Kier molecular flexibility index (Phi) is 1.81. The summed E-state index contributed by atoms with van der Waals surface area (Å²) in [5.74, 6) is -1.71. The lowest BCUT2D eigenvalue weighted by Crippen LogP contribution is -1.88. The summed E-state index contributed by atoms with van der Waals surface area (Å²) in [6, 6.07) is 4.02. The first-order chi connectivity index (χ1) is 6.29. The van der Waals surface area contributed by atoms with Crippen LogP contribution < -0.4 is 0 Å². The van der Waals surface area contributed by atoms with E-state index in [2.05, 4.69) is 9.97 Å². The summed E-state index contributed by atoms with van der Waals surface area (Å²) >= 11 is 0. The van der Waals surface area contributed by atoms with Crippen LogP contribution in [0.1, 0.15) is 0 Å². The van der Waals surface area contributed by atoms with Gasteiger partial charge in [0.15, 0.2) is 11.6 Å². The third-order valence-corrected chi connectivity index (χ3v) is 1.74. The smallest absolute Gasteiger partial charge is 0.168 e. The SMILES string of the molecule is Fc1cccc(-c2cnc[nH]2)c1F. The summed E-state index contributed by atoms with van der Waals surface area (Å²) in [5, 5.41) is 0. The van der Waals surface area contributed by atoms with Gasteiger partial charge in [0.25, 0.3) is 0 Å². The highest BCUT2D eigenvalue weighted by molar-refractivity contribution is 5.58. The summed E-state index contributed by atoms with van der Waals surface area (Å²) in [7, 11) is 0. The van der Waals surface area contributed by atoms with Crippen LogP contribution in [0, 0.1) is 11.6 Å². The molecule has 0 aliphatic heterocycles. The molecule has 2 rings (SSSR count). The van der Waals surface area contributed by atoms with Crippen LogP contribution in [0.3, 0.4) is 0 Å². The summed E-state index contributed by atoms with van der Waals surface area (Å²) in [5.41, 5.74) is 0.662. The molecule has 0 aliphatic carbocycles. The molecule has 4 heteroatoms. The molecule has 0 fully saturated rings. The van der Waals surface area contributed by atoms with Crippen molar-refractivity contribution < 1.29 is 8.78 Å². The van der Waals surface area contributed by atoms with Crippen molar-refractivity contribution in [3.05, 3.63) is 42.4 Å². The number of halogens is 2. The standard InChI is InChI=1S/C9H6F2N2/c10-7-3-1-2-6(9(7)11)8-4-12-5-13-8/h1-5H,(H,12,13). The monoisotopic (exact) mass is 180 g/mol. The molecule has 0 saturated heterocycles. The van der Waals surface area contributed by atoms with Crippen molar-refractivity contribution in [2.45, 2.75) is 0 Å². The van der Waals surface area contributed by atoms with Gasteiger partial charge < -0.3 is 4.98 Å². The first-order valence-corrected chi connectivity index (χ1v) is 3.72. The van der Waals surface area contributed by atoms with E-state index in [1.165, 1.54) is 24.7 Å². The predicted molar refractivity (Wildman–Crippen MR) is 43.9 cm³/mol. The molecule has 1 heterocycles. The minimum atomic E-state index is -0.855. The minimum absolute atomic E-state index is 0.192. The molecule has 0 amide bonds. The second-order valence-corrected chi connectivity index (χ2v) is 2.57. The Morgan fingerprint density at radius 1 is 1.23 bits per heavy atom. The number of benzene rings is 1. The van der Waals surface area contributed by atoms with Crippen LogP contribution in [0.2, 0.25) is 0 Å². The normalized spacial score (nSPS) is 10.3. The van der Waals surface area contributed by atoms with E-state index >= 15 is 0 Å². The average molecular weight is 180 g/mol. The zero-order chi connectivity index (χ0) is 9.26. The van der Waals surface area contributed by atoms with Crippen molar-refractivity contribution in [1.29, 1.82) is 0 Å². The van der Waals surface area contributed by atoms with Crippen LogP contribution in [-0.2, 0) is 0 Å². The largest absolute Gasteiger partial charge is 0.345 e. The Morgan fingerprint density at radius 2 is 2.08 bits per heavy atom. The molecule has 0 spiro atoms. The number of nitrogens with zero attached hydrogens (tertiary/aromatic N) is 1. The van der Waals surface area contributed by atoms with Gasteiger partial charge in [0.2, 0.25) is 0 Å². The number of hydrogen-bond donors (Lipinski definition) is 1. The molecule has 66 valence electrons. The summed E-state index contributed by atoms with van der Waals surface area (Å²) in [4.78, 5) is 6.43. The van der Waals surface area contributed by atoms with Gasteiger partial charge in [0, 0.05) is 5.56 Å². The molecule has 0 aliphatic rings. The molecule has 1 aromatic heterocycles. The quantitative estimate of drug-likeness (QED) is 0.716. The Labute approximate surface area is 73.2 Å². The van der Waals surface area contributed by atoms with Gasteiger partial charge in [0.05, 0.1) is 18.2 Å². The van der Waals surface area contributed by atoms with Crippen LogP contribution >= 0.6 is 0 Å². The lowest BCUT2D eigenvalue weighted by atomic mass is 10.1. The van der Waals surface area contributed by atoms with Crippen LogP contribution in [0.25, 0.3) is 11.3 Å². The fourth-order valence-corrected chi connectivity index (χ4v) is 1.11. The van der Waals surface area contributed by atoms with Gasteiger partial charge >= 0.3 is 0 Å². The van der Waals surface area contributed by atoms with Crippen molar-refractivity contribution in [1.82, 2.24) is 9.97 Å². The lowest BCUT2D eigenvalue weighted by Gasteiger charge is -1.99. The van der Waals surface area contributed by atoms with Crippen molar-refractivity contribution >= 4 is 0 Å². The van der Waals surface area contributed by atoms with E-state index in [1.807, 2.05) is 0 Å². The van der Waals surface area contributed by atoms with E-state index in [1.54, 1.807) is 0 Å². The molecular formula is C9H6F2N2. The molecule has 2 aromatic rings. The fraction of sp³-hybridized carbons (Fsp3) is 0. The van der Waals surface area contributed by atoms with Gasteiger partial charge in [-0.05, 0) is 12.1 Å². The number of H-pyrrole nitrogens is 1. The number of nitrogens with one attached hydrogen (secondary N) is 1. The summed E-state index contributed by atoms with van der Waals surface area (Å²) in [6.07, 6.45) is 2.86. The fourth-order valence-electron chi connectivity index (χ4n) is 1.11. The van der Waals surface area contributed by atoms with Crippen LogP contribution in [0.4, 0.5) is 8.78 Å². The van der Waals surface area contributed by atoms with Crippen molar-refractivity contribution in [2.24, 2.45) is 0 Å². The summed E-state index contributed by atoms with van der Waals surface area (Å²) < 4.78 is 25.9. The minimum Gasteiger partial charge on any atom is -0.345 e. The predicted octanol–water partition coefficient (Wildman–Crippen LogP) is 2.35. The molecule has 0 unspecified atom stereocenters. The van der Waals surface area contributed by atoms with Crippen molar-refractivity contribution in [3.63, 3.8) is 0 Å². The van der Waals surface area contributed by atoms with E-state index in [4.69, 9.17) is 0 Å². The van der Waals surface area contributed by atoms with E-state index in [-0.39, 0.29) is 5.56 Å². The first-order valence-electron chi connectivity index (χ1n) is 3.72. The van der Waals surface area contributed by atoms with Gasteiger partial charge in [-0.25, -0.2) is 13.8 Å². The number of aromatic amines is 1. The first kappa shape index (κ1) is 7.91. The molecule has 0 saturated carbocycles. The molecule has 1 N–H and O–H groups in total. The molecular weight excluding hydrogens is 174 g/mol. The van der Waals surface area contributed by atoms with Crippen molar-refractivity contribution in [2.75, 3.05) is 0 Å². The Morgan fingerprint density at radius 3 is 2.77 bits per heavy atom. The third-order valence-electron chi connectivity index (χ3n) is 1.74. The van der Waals surface area contributed by atoms with E-state index in [0.29, 0.717) is 5.69 Å². The summed E-state index contributed by atoms with van der Waals surface area (Å²) in [6.45, 7) is 0. The van der Waals surface area contributed by atoms with Crippen LogP contribution in [-0.4, -0.2) is 9.97 Å². The molecule has 0 atom stereocenters. The van der Waals surface area contributed by atoms with Gasteiger partial charge in [-0.2, -0.15) is 0 Å². The Balaban J connectivity index is 2.59. The van der Waals surface area contributed by atoms with E-state index in [0.717, 1.165) is 6.07 Å². The lowest BCUT2D eigenvalue weighted by molar-refractivity contribution is 0.511. The number of hydrogen-bond acceptors (Lipinski definition) is 1. The van der Waals surface area contributed by atoms with Crippen LogP contribution in [0.5, 0.6) is 0 Å². The highest BCUT2D eigenvalue weighted by Crippen LogP contribution is 2.21. The highest BCUT2D eigenvalue weighted by Gasteiger charge is 2.09. The zero-order valence-corrected chi connectivity index (χ0v) is 6.59. The van der Waals surface area contributed by atoms with Crippen molar-refractivity contribution in [3.8, 4) is 11.3 Å². The number of rotatable bonds is 1. The molecule has 2 nitrogen and oxygen atoms in total. The maximum Gasteiger partial charge on any atom is 0.168 e. The second-order valence-electron chi connectivity index (χ2n) is 2.57. The van der Waals surface area contributed by atoms with Gasteiger partial charge in [0.1, 0.15) is 0 Å². The molecule has 1 aromatic carbocycles. The van der Waals surface area contributed by atoms with E-state index in [9.17, 15) is 8.78 Å². The van der Waals surface area contributed by atoms with Gasteiger partial charge in [-0.3, -0.25) is 0 Å². The molecule has 0 radical (unpaired) electrons. The molecule has 13 heavy (non-hydrogen) atoms.